The summed E-state index contributed by atoms with van der Waals surface area (Å²) in [5.41, 5.74) is 9.81. The van der Waals surface area contributed by atoms with Gasteiger partial charge in [-0.25, -0.2) is 0 Å². The highest BCUT2D eigenvalue weighted by Crippen LogP contribution is 2.26. The number of anilines is 1. The maximum atomic E-state index is 5.77. The van der Waals surface area contributed by atoms with E-state index in [0.29, 0.717) is 6.54 Å². The third-order valence-corrected chi connectivity index (χ3v) is 3.49. The van der Waals surface area contributed by atoms with Crippen molar-refractivity contribution in [3.05, 3.63) is 66.1 Å². The van der Waals surface area contributed by atoms with E-state index in [4.69, 9.17) is 5.73 Å². The first kappa shape index (κ1) is 13.5. The minimum absolute atomic E-state index is 0.440. The van der Waals surface area contributed by atoms with Gasteiger partial charge in [0.1, 0.15) is 0 Å². The number of nitrogens with zero attached hydrogens (tertiary/aromatic N) is 3. The number of nitrogens with two attached hydrogens (primary N) is 1. The number of pyridine rings is 2. The zero-order chi connectivity index (χ0) is 14.7. The van der Waals surface area contributed by atoms with Crippen molar-refractivity contribution in [2.24, 2.45) is 5.73 Å². The van der Waals surface area contributed by atoms with Gasteiger partial charge >= 0.3 is 0 Å². The van der Waals surface area contributed by atoms with Crippen molar-refractivity contribution in [1.29, 1.82) is 0 Å². The summed E-state index contributed by atoms with van der Waals surface area (Å²) in [4.78, 5) is 11.1. The number of fused-ring (bicyclic) bond motifs is 1. The summed E-state index contributed by atoms with van der Waals surface area (Å²) in [5.74, 6) is 0. The molecule has 0 fully saturated rings. The van der Waals surface area contributed by atoms with E-state index in [0.717, 1.165) is 34.5 Å². The van der Waals surface area contributed by atoms with E-state index in [2.05, 4.69) is 34.0 Å². The Balaban J connectivity index is 2.02. The molecule has 0 saturated carbocycles. The summed E-state index contributed by atoms with van der Waals surface area (Å²) >= 11 is 0. The van der Waals surface area contributed by atoms with E-state index >= 15 is 0 Å². The molecule has 21 heavy (non-hydrogen) atoms. The fourth-order valence-electron chi connectivity index (χ4n) is 2.45. The van der Waals surface area contributed by atoms with Crippen LogP contribution < -0.4 is 10.6 Å². The molecule has 2 heterocycles. The largest absolute Gasteiger partial charge is 0.368 e. The molecule has 3 aromatic rings. The highest BCUT2D eigenvalue weighted by molar-refractivity contribution is 5.91. The first-order chi connectivity index (χ1) is 10.3. The molecule has 2 aromatic heterocycles. The fraction of sp³-hybridized carbons (Fsp3) is 0.176. The molecule has 0 radical (unpaired) electrons. The van der Waals surface area contributed by atoms with Crippen molar-refractivity contribution in [3.8, 4) is 0 Å². The van der Waals surface area contributed by atoms with Crippen LogP contribution in [0.3, 0.4) is 0 Å². The molecular weight excluding hydrogens is 260 g/mol. The van der Waals surface area contributed by atoms with Gasteiger partial charge in [-0.3, -0.25) is 9.97 Å². The van der Waals surface area contributed by atoms with Gasteiger partial charge in [-0.2, -0.15) is 0 Å². The second-order valence-electron chi connectivity index (χ2n) is 5.03. The lowest BCUT2D eigenvalue weighted by atomic mass is 10.1. The Morgan fingerprint density at radius 2 is 1.86 bits per heavy atom. The van der Waals surface area contributed by atoms with Crippen LogP contribution in [-0.2, 0) is 13.1 Å². The quantitative estimate of drug-likeness (QED) is 0.797. The minimum atomic E-state index is 0.440. The van der Waals surface area contributed by atoms with Crippen molar-refractivity contribution < 1.29 is 0 Å². The van der Waals surface area contributed by atoms with Crippen LogP contribution in [-0.4, -0.2) is 17.0 Å². The third-order valence-electron chi connectivity index (χ3n) is 3.49. The number of hydrogen-bond donors (Lipinski definition) is 1. The Bertz CT molecular complexity index is 740. The van der Waals surface area contributed by atoms with E-state index in [9.17, 15) is 0 Å². The topological polar surface area (TPSA) is 55.0 Å². The molecule has 0 bridgehead atoms. The summed E-state index contributed by atoms with van der Waals surface area (Å²) < 4.78 is 0. The van der Waals surface area contributed by atoms with Crippen LogP contribution in [0.15, 0.2) is 54.7 Å². The van der Waals surface area contributed by atoms with Gasteiger partial charge in [0.2, 0.25) is 0 Å². The molecule has 3 rings (SSSR count). The molecule has 106 valence electrons. The van der Waals surface area contributed by atoms with E-state index in [-0.39, 0.29) is 0 Å². The molecule has 0 spiro atoms. The summed E-state index contributed by atoms with van der Waals surface area (Å²) in [7, 11) is 2.07. The van der Waals surface area contributed by atoms with Crippen molar-refractivity contribution in [2.45, 2.75) is 13.1 Å². The summed E-state index contributed by atoms with van der Waals surface area (Å²) in [6.07, 6.45) is 1.82. The van der Waals surface area contributed by atoms with Gasteiger partial charge < -0.3 is 10.6 Å². The Morgan fingerprint density at radius 3 is 2.62 bits per heavy atom. The maximum Gasteiger partial charge on any atom is 0.0726 e. The predicted molar refractivity (Wildman–Crippen MR) is 86.0 cm³/mol. The second-order valence-corrected chi connectivity index (χ2v) is 5.03. The lowest BCUT2D eigenvalue weighted by Gasteiger charge is -2.21. The van der Waals surface area contributed by atoms with E-state index < -0.39 is 0 Å². The van der Waals surface area contributed by atoms with Gasteiger partial charge in [0, 0.05) is 30.9 Å². The van der Waals surface area contributed by atoms with E-state index in [1.807, 2.05) is 42.6 Å². The first-order valence-electron chi connectivity index (χ1n) is 6.97. The minimum Gasteiger partial charge on any atom is -0.368 e. The lowest BCUT2D eigenvalue weighted by Crippen LogP contribution is -2.18. The van der Waals surface area contributed by atoms with Crippen molar-refractivity contribution in [2.75, 3.05) is 11.9 Å². The normalized spacial score (nSPS) is 10.8. The Hall–Kier alpha value is -2.46. The number of rotatable bonds is 4. The van der Waals surface area contributed by atoms with Crippen LogP contribution >= 0.6 is 0 Å². The molecule has 2 N–H and O–H groups in total. The van der Waals surface area contributed by atoms with Crippen LogP contribution in [0.2, 0.25) is 0 Å². The van der Waals surface area contributed by atoms with Crippen molar-refractivity contribution in [3.63, 3.8) is 0 Å². The van der Waals surface area contributed by atoms with Gasteiger partial charge in [0.25, 0.3) is 0 Å². The van der Waals surface area contributed by atoms with Crippen molar-refractivity contribution in [1.82, 2.24) is 9.97 Å². The molecule has 4 nitrogen and oxygen atoms in total. The fourth-order valence-corrected chi connectivity index (χ4v) is 2.45. The second kappa shape index (κ2) is 5.89. The average molecular weight is 278 g/mol. The molecule has 0 atom stereocenters. The summed E-state index contributed by atoms with van der Waals surface area (Å²) in [6, 6.07) is 16.2. The number of aromatic nitrogens is 2. The molecule has 0 amide bonds. The van der Waals surface area contributed by atoms with Crippen LogP contribution in [0.4, 0.5) is 5.69 Å². The monoisotopic (exact) mass is 278 g/mol. The Kier molecular flexibility index (Phi) is 3.79. The van der Waals surface area contributed by atoms with Crippen LogP contribution in [0.25, 0.3) is 10.9 Å². The van der Waals surface area contributed by atoms with Crippen LogP contribution in [0.1, 0.15) is 11.4 Å². The van der Waals surface area contributed by atoms with Gasteiger partial charge in [0.15, 0.2) is 0 Å². The molecule has 0 saturated heterocycles. The standard InChI is InChI=1S/C17H18N4/c1-21(12-13-6-4-5-9-19-13)17-10-14(11-18)20-16-8-3-2-7-15(16)17/h2-10H,11-12,18H2,1H3. The molecule has 4 heteroatoms. The molecule has 0 aliphatic heterocycles. The lowest BCUT2D eigenvalue weighted by molar-refractivity contribution is 0.883. The van der Waals surface area contributed by atoms with Gasteiger partial charge in [0.05, 0.1) is 23.4 Å². The Morgan fingerprint density at radius 1 is 1.05 bits per heavy atom. The third kappa shape index (κ3) is 2.85. The number of para-hydroxylation sites is 1. The SMILES string of the molecule is CN(Cc1ccccn1)c1cc(CN)nc2ccccc12. The summed E-state index contributed by atoms with van der Waals surface area (Å²) in [5, 5.41) is 1.13. The maximum absolute atomic E-state index is 5.77. The van der Waals surface area contributed by atoms with Gasteiger partial charge in [-0.15, -0.1) is 0 Å². The van der Waals surface area contributed by atoms with Gasteiger partial charge in [-0.1, -0.05) is 24.3 Å². The zero-order valence-electron chi connectivity index (χ0n) is 12.0. The molecule has 0 aliphatic carbocycles. The smallest absolute Gasteiger partial charge is 0.0726 e. The van der Waals surface area contributed by atoms with Gasteiger partial charge in [-0.05, 0) is 24.3 Å². The van der Waals surface area contributed by atoms with E-state index in [1.54, 1.807) is 0 Å². The number of benzene rings is 1. The molecule has 0 unspecified atom stereocenters. The Labute approximate surface area is 124 Å². The summed E-state index contributed by atoms with van der Waals surface area (Å²) in [6.45, 7) is 1.19. The van der Waals surface area contributed by atoms with E-state index in [1.165, 1.54) is 0 Å². The van der Waals surface area contributed by atoms with Crippen LogP contribution in [0.5, 0.6) is 0 Å². The molecule has 0 aliphatic rings. The average Bonchev–Trinajstić information content (AvgIpc) is 2.54. The zero-order valence-corrected chi connectivity index (χ0v) is 12.0. The van der Waals surface area contributed by atoms with Crippen LogP contribution in [0, 0.1) is 0 Å². The highest BCUT2D eigenvalue weighted by atomic mass is 15.1. The highest BCUT2D eigenvalue weighted by Gasteiger charge is 2.10. The molecular formula is C17H18N4. The number of hydrogen-bond acceptors (Lipinski definition) is 4. The predicted octanol–water partition coefficient (Wildman–Crippen LogP) is 2.72. The first-order valence-corrected chi connectivity index (χ1v) is 6.97. The molecule has 1 aromatic carbocycles. The van der Waals surface area contributed by atoms with Crippen molar-refractivity contribution >= 4 is 16.6 Å².